The van der Waals surface area contributed by atoms with Crippen molar-refractivity contribution in [1.29, 1.82) is 0 Å². The Bertz CT molecular complexity index is 2850. The molecule has 0 bridgehead atoms. The summed E-state index contributed by atoms with van der Waals surface area (Å²) in [5, 5.41) is 0. The van der Waals surface area contributed by atoms with Crippen LogP contribution < -0.4 is 30.9 Å². The number of ether oxygens (including phenoxy) is 1. The van der Waals surface area contributed by atoms with Gasteiger partial charge >= 0.3 is 0 Å². The molecule has 0 saturated carbocycles. The van der Waals surface area contributed by atoms with Gasteiger partial charge in [-0.15, -0.1) is 0 Å². The zero-order valence-corrected chi connectivity index (χ0v) is 29.7. The molecule has 0 amide bonds. The number of rotatable bonds is 6. The van der Waals surface area contributed by atoms with E-state index in [9.17, 15) is 0 Å². The van der Waals surface area contributed by atoms with Crippen LogP contribution in [0.2, 0.25) is 0 Å². The number of anilines is 6. The van der Waals surface area contributed by atoms with Gasteiger partial charge in [-0.3, -0.25) is 4.57 Å². The number of hydrogen-bond donors (Lipinski definition) is 0. The van der Waals surface area contributed by atoms with E-state index in [-0.39, 0.29) is 6.71 Å². The minimum absolute atomic E-state index is 0.113. The van der Waals surface area contributed by atoms with Crippen LogP contribution in [0.15, 0.2) is 194 Å². The summed E-state index contributed by atoms with van der Waals surface area (Å²) < 4.78 is 8.71. The highest BCUT2D eigenvalue weighted by Gasteiger charge is 2.43. The van der Waals surface area contributed by atoms with Gasteiger partial charge < -0.3 is 14.5 Å². The second-order valence-corrected chi connectivity index (χ2v) is 13.8. The normalized spacial score (nSPS) is 12.6. The first kappa shape index (κ1) is 31.2. The predicted molar refractivity (Wildman–Crippen MR) is 225 cm³/mol. The average molecular weight is 706 g/mol. The summed E-state index contributed by atoms with van der Waals surface area (Å²) in [6.45, 7) is -0.113. The van der Waals surface area contributed by atoms with Crippen LogP contribution in [0.25, 0.3) is 28.1 Å². The summed E-state index contributed by atoms with van der Waals surface area (Å²) in [6.07, 6.45) is 1.76. The molecule has 0 unspecified atom stereocenters. The maximum Gasteiger partial charge on any atom is 0.252 e. The maximum absolute atomic E-state index is 6.43. The lowest BCUT2D eigenvalue weighted by molar-refractivity contribution is 0.463. The molecular formula is C48H32BN5O. The van der Waals surface area contributed by atoms with Crippen molar-refractivity contribution in [2.24, 2.45) is 0 Å². The average Bonchev–Trinajstić information content (AvgIpc) is 3.65. The molecule has 0 N–H and O–H groups in total. The van der Waals surface area contributed by atoms with Crippen molar-refractivity contribution in [3.05, 3.63) is 194 Å². The number of para-hydroxylation sites is 5. The molecule has 7 aromatic carbocycles. The molecule has 0 spiro atoms. The van der Waals surface area contributed by atoms with Gasteiger partial charge in [0.1, 0.15) is 11.6 Å². The first-order valence-corrected chi connectivity index (χ1v) is 18.5. The van der Waals surface area contributed by atoms with E-state index in [0.29, 0.717) is 5.88 Å². The molecule has 2 aromatic heterocycles. The number of pyridine rings is 1. The molecule has 55 heavy (non-hydrogen) atoms. The SMILES string of the molecule is c1ccc(N2c3ccc(Oc4ccccn4)cc3B3c4cc(-c5nc6ccccc6n5-c5ccccc5)ccc4N(c4ccccc4)c4cccc2c43)cc1. The van der Waals surface area contributed by atoms with Crippen LogP contribution in [-0.2, 0) is 0 Å². The van der Waals surface area contributed by atoms with Gasteiger partial charge in [0.05, 0.1) is 11.0 Å². The Morgan fingerprint density at radius 2 is 1.07 bits per heavy atom. The number of benzene rings is 7. The Labute approximate surface area is 319 Å². The van der Waals surface area contributed by atoms with E-state index in [1.807, 2.05) is 18.2 Å². The highest BCUT2D eigenvalue weighted by Crippen LogP contribution is 2.45. The zero-order valence-electron chi connectivity index (χ0n) is 29.7. The summed E-state index contributed by atoms with van der Waals surface area (Å²) in [6, 6.07) is 66.0. The van der Waals surface area contributed by atoms with Gasteiger partial charge in [-0.2, -0.15) is 0 Å². The molecule has 2 aliphatic rings. The molecule has 0 fully saturated rings. The van der Waals surface area contributed by atoms with Crippen LogP contribution in [0.1, 0.15) is 0 Å². The Hall–Kier alpha value is -7.38. The second-order valence-electron chi connectivity index (χ2n) is 13.8. The lowest BCUT2D eigenvalue weighted by atomic mass is 9.33. The van der Waals surface area contributed by atoms with E-state index in [4.69, 9.17) is 9.72 Å². The third-order valence-electron chi connectivity index (χ3n) is 10.7. The zero-order chi connectivity index (χ0) is 36.3. The van der Waals surface area contributed by atoms with E-state index in [1.165, 1.54) is 10.9 Å². The second kappa shape index (κ2) is 12.6. The van der Waals surface area contributed by atoms with E-state index in [0.717, 1.165) is 73.4 Å². The van der Waals surface area contributed by atoms with E-state index < -0.39 is 0 Å². The lowest BCUT2D eigenvalue weighted by Gasteiger charge is -2.44. The summed E-state index contributed by atoms with van der Waals surface area (Å²) in [5.74, 6) is 2.19. The summed E-state index contributed by atoms with van der Waals surface area (Å²) >= 11 is 0. The van der Waals surface area contributed by atoms with Gasteiger partial charge in [0, 0.05) is 57.6 Å². The summed E-state index contributed by atoms with van der Waals surface area (Å²) in [4.78, 5) is 14.6. The smallest absolute Gasteiger partial charge is 0.252 e. The first-order valence-electron chi connectivity index (χ1n) is 18.5. The van der Waals surface area contributed by atoms with Gasteiger partial charge in [-0.1, -0.05) is 84.9 Å². The third kappa shape index (κ3) is 5.05. The highest BCUT2D eigenvalue weighted by atomic mass is 16.5. The molecule has 0 radical (unpaired) electrons. The lowest BCUT2D eigenvalue weighted by Crippen LogP contribution is -2.61. The van der Waals surface area contributed by atoms with Crippen LogP contribution >= 0.6 is 0 Å². The van der Waals surface area contributed by atoms with Crippen molar-refractivity contribution in [2.75, 3.05) is 9.80 Å². The van der Waals surface area contributed by atoms with Gasteiger partial charge in [0.25, 0.3) is 6.71 Å². The van der Waals surface area contributed by atoms with Crippen molar-refractivity contribution in [3.8, 4) is 28.7 Å². The molecule has 0 aliphatic carbocycles. The molecule has 2 aliphatic heterocycles. The van der Waals surface area contributed by atoms with Crippen molar-refractivity contribution in [1.82, 2.24) is 14.5 Å². The predicted octanol–water partition coefficient (Wildman–Crippen LogP) is 9.96. The molecule has 11 rings (SSSR count). The number of imidazole rings is 1. The van der Waals surface area contributed by atoms with Crippen molar-refractivity contribution < 1.29 is 4.74 Å². The molecule has 9 aromatic rings. The topological polar surface area (TPSA) is 46.4 Å². The Balaban J connectivity index is 1.19. The van der Waals surface area contributed by atoms with Crippen molar-refractivity contribution in [2.45, 2.75) is 0 Å². The molecule has 6 nitrogen and oxygen atoms in total. The van der Waals surface area contributed by atoms with Gasteiger partial charge in [-0.25, -0.2) is 9.97 Å². The van der Waals surface area contributed by atoms with Gasteiger partial charge in [0.15, 0.2) is 0 Å². The maximum atomic E-state index is 6.43. The molecule has 4 heterocycles. The highest BCUT2D eigenvalue weighted by molar-refractivity contribution is 7.00. The molecule has 7 heteroatoms. The molecule has 0 atom stereocenters. The molecule has 258 valence electrons. The van der Waals surface area contributed by atoms with Crippen LogP contribution in [-0.4, -0.2) is 21.2 Å². The first-order chi connectivity index (χ1) is 27.3. The quantitative estimate of drug-likeness (QED) is 0.161. The number of fused-ring (bicyclic) bond motifs is 5. The Kier molecular flexibility index (Phi) is 7.17. The Morgan fingerprint density at radius 3 is 1.75 bits per heavy atom. The van der Waals surface area contributed by atoms with Gasteiger partial charge in [0.2, 0.25) is 5.88 Å². The monoisotopic (exact) mass is 705 g/mol. The Morgan fingerprint density at radius 1 is 0.473 bits per heavy atom. The summed E-state index contributed by atoms with van der Waals surface area (Å²) in [7, 11) is 0. The fourth-order valence-electron chi connectivity index (χ4n) is 8.42. The van der Waals surface area contributed by atoms with Crippen LogP contribution in [0.4, 0.5) is 34.1 Å². The van der Waals surface area contributed by atoms with Crippen molar-refractivity contribution >= 4 is 68.3 Å². The van der Waals surface area contributed by atoms with E-state index in [2.05, 4.69) is 189 Å². The molecule has 0 saturated heterocycles. The van der Waals surface area contributed by atoms with E-state index in [1.54, 1.807) is 6.20 Å². The largest absolute Gasteiger partial charge is 0.439 e. The minimum Gasteiger partial charge on any atom is -0.439 e. The van der Waals surface area contributed by atoms with Crippen LogP contribution in [0.3, 0.4) is 0 Å². The fourth-order valence-corrected chi connectivity index (χ4v) is 8.42. The molecular weight excluding hydrogens is 673 g/mol. The number of hydrogen-bond acceptors (Lipinski definition) is 5. The van der Waals surface area contributed by atoms with Crippen LogP contribution in [0.5, 0.6) is 11.6 Å². The third-order valence-corrected chi connectivity index (χ3v) is 10.7. The fraction of sp³-hybridized carbons (Fsp3) is 0. The summed E-state index contributed by atoms with van der Waals surface area (Å²) in [5.41, 5.74) is 14.4. The van der Waals surface area contributed by atoms with Gasteiger partial charge in [-0.05, 0) is 113 Å². The van der Waals surface area contributed by atoms with Crippen LogP contribution in [0, 0.1) is 0 Å². The van der Waals surface area contributed by atoms with E-state index >= 15 is 0 Å². The standard InChI is InChI=1S/C48H32BN5O/c1-4-15-34(16-5-1)52-41-28-26-33(48-51-40-21-10-11-22-43(40)54(48)36-19-8-3-9-20-36)31-38(41)49-39-32-37(55-46-25-12-13-30-50-46)27-29-42(39)53(35-17-6-2-7-18-35)45-24-14-23-44(52)47(45)49/h1-32H. The number of nitrogens with zero attached hydrogens (tertiary/aromatic N) is 5. The minimum atomic E-state index is -0.113. The number of aromatic nitrogens is 3. The van der Waals surface area contributed by atoms with Crippen molar-refractivity contribution in [3.63, 3.8) is 0 Å².